The fraction of sp³-hybridized carbons (Fsp3) is 0.412. The van der Waals surface area contributed by atoms with Crippen molar-refractivity contribution in [3.05, 3.63) is 40.3 Å². The molecule has 0 aliphatic heterocycles. The van der Waals surface area contributed by atoms with Gasteiger partial charge in [-0.25, -0.2) is 8.78 Å². The maximum Gasteiger partial charge on any atom is 0.264 e. The smallest absolute Gasteiger partial charge is 0.264 e. The third kappa shape index (κ3) is 3.62. The zero-order valence-corrected chi connectivity index (χ0v) is 13.5. The number of hydrogen-bond donors (Lipinski definition) is 1. The Balaban J connectivity index is 2.58. The third-order valence-corrected chi connectivity index (χ3v) is 4.44. The van der Waals surface area contributed by atoms with Gasteiger partial charge in [-0.2, -0.15) is 0 Å². The molecule has 21 heavy (non-hydrogen) atoms. The largest absolute Gasteiger partial charge is 0.385 e. The van der Waals surface area contributed by atoms with Crippen molar-refractivity contribution in [2.45, 2.75) is 40.0 Å². The normalized spacial score (nSPS) is 11.1. The quantitative estimate of drug-likeness (QED) is 0.685. The molecule has 0 radical (unpaired) electrons. The average molecular weight is 309 g/mol. The van der Waals surface area contributed by atoms with Crippen LogP contribution in [0.4, 0.5) is 14.5 Å². The predicted molar refractivity (Wildman–Crippen MR) is 87.6 cm³/mol. The molecule has 114 valence electrons. The van der Waals surface area contributed by atoms with Crippen molar-refractivity contribution < 1.29 is 8.78 Å². The van der Waals surface area contributed by atoms with E-state index in [-0.39, 0.29) is 5.56 Å². The second-order valence-corrected chi connectivity index (χ2v) is 6.38. The molecular formula is C17H21F2NS. The van der Waals surface area contributed by atoms with Crippen molar-refractivity contribution in [2.75, 3.05) is 11.9 Å². The molecule has 1 aromatic carbocycles. The number of halogens is 2. The van der Waals surface area contributed by atoms with Crippen LogP contribution in [-0.2, 0) is 6.42 Å². The van der Waals surface area contributed by atoms with Gasteiger partial charge >= 0.3 is 0 Å². The van der Waals surface area contributed by atoms with Gasteiger partial charge in [0.2, 0.25) is 0 Å². The van der Waals surface area contributed by atoms with E-state index >= 15 is 0 Å². The fourth-order valence-electron chi connectivity index (χ4n) is 2.47. The number of alkyl halides is 2. The summed E-state index contributed by atoms with van der Waals surface area (Å²) in [5.41, 5.74) is 2.75. The Bertz CT molecular complexity index is 605. The lowest BCUT2D eigenvalue weighted by Gasteiger charge is -2.16. The van der Waals surface area contributed by atoms with Crippen LogP contribution in [0.1, 0.15) is 42.7 Å². The Morgan fingerprint density at radius 2 is 1.95 bits per heavy atom. The van der Waals surface area contributed by atoms with Crippen LogP contribution in [-0.4, -0.2) is 6.54 Å². The minimum Gasteiger partial charge on any atom is -0.385 e. The molecule has 1 aromatic heterocycles. The van der Waals surface area contributed by atoms with Gasteiger partial charge in [0.25, 0.3) is 6.43 Å². The lowest BCUT2D eigenvalue weighted by atomic mass is 9.98. The van der Waals surface area contributed by atoms with E-state index in [1.165, 1.54) is 0 Å². The van der Waals surface area contributed by atoms with Gasteiger partial charge in [-0.15, -0.1) is 11.3 Å². The van der Waals surface area contributed by atoms with E-state index in [9.17, 15) is 8.78 Å². The summed E-state index contributed by atoms with van der Waals surface area (Å²) in [5.74, 6) is 0. The van der Waals surface area contributed by atoms with Gasteiger partial charge in [0.05, 0.1) is 0 Å². The Hall–Kier alpha value is -1.42. The summed E-state index contributed by atoms with van der Waals surface area (Å²) in [6.45, 7) is 6.81. The maximum absolute atomic E-state index is 13.4. The fourth-order valence-corrected chi connectivity index (χ4v) is 3.37. The molecule has 2 aromatic rings. The molecule has 0 aliphatic carbocycles. The van der Waals surface area contributed by atoms with Crippen LogP contribution in [0.2, 0.25) is 0 Å². The zero-order chi connectivity index (χ0) is 15.4. The molecule has 0 unspecified atom stereocenters. The SMILES string of the molecule is CCCc1cc(-c2ccc(C)s2)c(C(F)F)cc1NCC. The lowest BCUT2D eigenvalue weighted by molar-refractivity contribution is 0.152. The summed E-state index contributed by atoms with van der Waals surface area (Å²) < 4.78 is 26.9. The summed E-state index contributed by atoms with van der Waals surface area (Å²) in [5, 5.41) is 3.21. The number of aryl methyl sites for hydroxylation is 2. The number of rotatable bonds is 6. The summed E-state index contributed by atoms with van der Waals surface area (Å²) >= 11 is 1.56. The molecule has 0 amide bonds. The maximum atomic E-state index is 13.4. The van der Waals surface area contributed by atoms with Crippen molar-refractivity contribution in [1.82, 2.24) is 0 Å². The minimum atomic E-state index is -2.46. The Morgan fingerprint density at radius 3 is 2.48 bits per heavy atom. The van der Waals surface area contributed by atoms with E-state index in [1.807, 2.05) is 32.0 Å². The van der Waals surface area contributed by atoms with Gasteiger partial charge in [-0.3, -0.25) is 0 Å². The van der Waals surface area contributed by atoms with E-state index in [4.69, 9.17) is 0 Å². The Labute approximate surface area is 129 Å². The van der Waals surface area contributed by atoms with Crippen LogP contribution in [0.3, 0.4) is 0 Å². The van der Waals surface area contributed by atoms with Crippen LogP contribution < -0.4 is 5.32 Å². The molecule has 0 bridgehead atoms. The van der Waals surface area contributed by atoms with Gasteiger partial charge in [-0.1, -0.05) is 13.3 Å². The molecule has 0 saturated heterocycles. The van der Waals surface area contributed by atoms with E-state index in [0.717, 1.165) is 40.4 Å². The highest BCUT2D eigenvalue weighted by Crippen LogP contribution is 2.38. The lowest BCUT2D eigenvalue weighted by Crippen LogP contribution is -2.03. The highest BCUT2D eigenvalue weighted by Gasteiger charge is 2.18. The zero-order valence-electron chi connectivity index (χ0n) is 12.7. The second-order valence-electron chi connectivity index (χ2n) is 5.09. The van der Waals surface area contributed by atoms with Gasteiger partial charge < -0.3 is 5.32 Å². The van der Waals surface area contributed by atoms with Crippen LogP contribution >= 0.6 is 11.3 Å². The molecule has 0 atom stereocenters. The van der Waals surface area contributed by atoms with Crippen molar-refractivity contribution in [2.24, 2.45) is 0 Å². The molecule has 4 heteroatoms. The van der Waals surface area contributed by atoms with Crippen LogP contribution in [0, 0.1) is 6.92 Å². The van der Waals surface area contributed by atoms with Gasteiger partial charge in [0.15, 0.2) is 0 Å². The molecule has 0 spiro atoms. The standard InChI is InChI=1S/C17H21F2NS/c1-4-6-12-9-13(16-8-7-11(3)21-16)14(17(18)19)10-15(12)20-5-2/h7-10,17,20H,4-6H2,1-3H3. The number of nitrogens with one attached hydrogen (secondary N) is 1. The monoisotopic (exact) mass is 309 g/mol. The predicted octanol–water partition coefficient (Wildman–Crippen LogP) is 6.05. The minimum absolute atomic E-state index is 0.118. The van der Waals surface area contributed by atoms with Crippen molar-refractivity contribution in [1.29, 1.82) is 0 Å². The number of benzene rings is 1. The Morgan fingerprint density at radius 1 is 1.19 bits per heavy atom. The number of hydrogen-bond acceptors (Lipinski definition) is 2. The average Bonchev–Trinajstić information content (AvgIpc) is 2.87. The van der Waals surface area contributed by atoms with E-state index in [0.29, 0.717) is 5.56 Å². The van der Waals surface area contributed by atoms with E-state index < -0.39 is 6.43 Å². The molecule has 1 nitrogen and oxygen atoms in total. The molecular weight excluding hydrogens is 288 g/mol. The first-order valence-corrected chi connectivity index (χ1v) is 8.14. The van der Waals surface area contributed by atoms with E-state index in [1.54, 1.807) is 17.4 Å². The van der Waals surface area contributed by atoms with Crippen molar-refractivity contribution >= 4 is 17.0 Å². The molecule has 1 N–H and O–H groups in total. The second kappa shape index (κ2) is 7.03. The molecule has 1 heterocycles. The van der Waals surface area contributed by atoms with E-state index in [2.05, 4.69) is 12.2 Å². The topological polar surface area (TPSA) is 12.0 Å². The van der Waals surface area contributed by atoms with Crippen LogP contribution in [0.5, 0.6) is 0 Å². The summed E-state index contributed by atoms with van der Waals surface area (Å²) in [6, 6.07) is 7.48. The molecule has 2 rings (SSSR count). The van der Waals surface area contributed by atoms with Gasteiger partial charge in [0, 0.05) is 33.1 Å². The summed E-state index contributed by atoms with van der Waals surface area (Å²) in [7, 11) is 0. The first-order valence-electron chi connectivity index (χ1n) is 7.32. The number of thiophene rings is 1. The third-order valence-electron chi connectivity index (χ3n) is 3.40. The van der Waals surface area contributed by atoms with Crippen LogP contribution in [0.25, 0.3) is 10.4 Å². The molecule has 0 fully saturated rings. The van der Waals surface area contributed by atoms with Gasteiger partial charge in [-0.05, 0) is 50.1 Å². The highest BCUT2D eigenvalue weighted by atomic mass is 32.1. The molecule has 0 saturated carbocycles. The van der Waals surface area contributed by atoms with Crippen molar-refractivity contribution in [3.63, 3.8) is 0 Å². The molecule has 0 aliphatic rings. The van der Waals surface area contributed by atoms with Crippen LogP contribution in [0.15, 0.2) is 24.3 Å². The first-order chi connectivity index (χ1) is 10.1. The highest BCUT2D eigenvalue weighted by molar-refractivity contribution is 7.15. The summed E-state index contributed by atoms with van der Waals surface area (Å²) in [4.78, 5) is 2.06. The first kappa shape index (κ1) is 16.0. The number of anilines is 1. The van der Waals surface area contributed by atoms with Gasteiger partial charge in [0.1, 0.15) is 0 Å². The van der Waals surface area contributed by atoms with Crippen molar-refractivity contribution in [3.8, 4) is 10.4 Å². The Kier molecular flexibility index (Phi) is 5.34. The summed E-state index contributed by atoms with van der Waals surface area (Å²) in [6.07, 6.45) is -0.575.